The highest BCUT2D eigenvalue weighted by atomic mass is 15.1. The second kappa shape index (κ2) is 7.42. The third-order valence-corrected chi connectivity index (χ3v) is 5.42. The Labute approximate surface area is 129 Å². The molecule has 1 spiro atoms. The fourth-order valence-corrected chi connectivity index (χ4v) is 4.21. The van der Waals surface area contributed by atoms with E-state index in [2.05, 4.69) is 40.5 Å². The molecule has 0 unspecified atom stereocenters. The van der Waals surface area contributed by atoms with Crippen LogP contribution in [0.25, 0.3) is 0 Å². The van der Waals surface area contributed by atoms with Crippen LogP contribution in [0.1, 0.15) is 50.5 Å². The molecule has 2 aliphatic rings. The molecular formula is C19H30N2. The van der Waals surface area contributed by atoms with Crippen LogP contribution in [-0.2, 0) is 6.54 Å². The van der Waals surface area contributed by atoms with Crippen molar-refractivity contribution in [2.75, 3.05) is 26.2 Å². The van der Waals surface area contributed by atoms with Crippen molar-refractivity contribution in [1.82, 2.24) is 10.2 Å². The van der Waals surface area contributed by atoms with Gasteiger partial charge in [0.2, 0.25) is 0 Å². The fraction of sp³-hybridized carbons (Fsp3) is 0.684. The maximum Gasteiger partial charge on any atom is 0.0233 e. The Kier molecular flexibility index (Phi) is 5.32. The van der Waals surface area contributed by atoms with Crippen LogP contribution < -0.4 is 5.32 Å². The summed E-state index contributed by atoms with van der Waals surface area (Å²) in [6.07, 6.45) is 9.85. The summed E-state index contributed by atoms with van der Waals surface area (Å²) in [5.74, 6) is 0. The van der Waals surface area contributed by atoms with Gasteiger partial charge in [-0.1, -0.05) is 36.8 Å². The third-order valence-electron chi connectivity index (χ3n) is 5.42. The SMILES string of the molecule is c1ccc(CN2CCCC3(CCCCNC3)CCC2)cc1. The Balaban J connectivity index is 1.53. The van der Waals surface area contributed by atoms with E-state index in [4.69, 9.17) is 0 Å². The van der Waals surface area contributed by atoms with Gasteiger partial charge in [-0.05, 0) is 69.1 Å². The lowest BCUT2D eigenvalue weighted by Gasteiger charge is -2.37. The first kappa shape index (κ1) is 15.1. The Morgan fingerprint density at radius 3 is 2.38 bits per heavy atom. The monoisotopic (exact) mass is 286 g/mol. The van der Waals surface area contributed by atoms with Crippen LogP contribution in [0.5, 0.6) is 0 Å². The molecule has 2 saturated heterocycles. The van der Waals surface area contributed by atoms with Gasteiger partial charge in [-0.2, -0.15) is 0 Å². The normalized spacial score (nSPS) is 24.2. The van der Waals surface area contributed by atoms with Crippen LogP contribution in [0.2, 0.25) is 0 Å². The molecule has 0 bridgehead atoms. The van der Waals surface area contributed by atoms with Gasteiger partial charge in [-0.3, -0.25) is 4.90 Å². The van der Waals surface area contributed by atoms with Gasteiger partial charge in [0.25, 0.3) is 0 Å². The maximum atomic E-state index is 3.69. The summed E-state index contributed by atoms with van der Waals surface area (Å²) in [5, 5.41) is 3.69. The zero-order chi connectivity index (χ0) is 14.4. The van der Waals surface area contributed by atoms with Gasteiger partial charge in [-0.15, -0.1) is 0 Å². The molecule has 0 aromatic heterocycles. The van der Waals surface area contributed by atoms with Gasteiger partial charge < -0.3 is 5.32 Å². The van der Waals surface area contributed by atoms with Crippen LogP contribution in [0, 0.1) is 5.41 Å². The second-order valence-electron chi connectivity index (χ2n) is 7.10. The first-order chi connectivity index (χ1) is 10.4. The molecule has 0 saturated carbocycles. The molecule has 1 aromatic carbocycles. The number of hydrogen-bond acceptors (Lipinski definition) is 2. The van der Waals surface area contributed by atoms with Gasteiger partial charge >= 0.3 is 0 Å². The highest BCUT2D eigenvalue weighted by molar-refractivity contribution is 5.14. The van der Waals surface area contributed by atoms with Crippen LogP contribution in [-0.4, -0.2) is 31.1 Å². The number of nitrogens with one attached hydrogen (secondary N) is 1. The van der Waals surface area contributed by atoms with Crippen LogP contribution in [0.15, 0.2) is 30.3 Å². The number of benzene rings is 1. The molecule has 2 fully saturated rings. The van der Waals surface area contributed by atoms with Gasteiger partial charge in [0.1, 0.15) is 0 Å². The summed E-state index contributed by atoms with van der Waals surface area (Å²) < 4.78 is 0. The van der Waals surface area contributed by atoms with E-state index in [0.717, 1.165) is 6.54 Å². The van der Waals surface area contributed by atoms with Crippen LogP contribution >= 0.6 is 0 Å². The summed E-state index contributed by atoms with van der Waals surface area (Å²) in [5.41, 5.74) is 2.08. The van der Waals surface area contributed by atoms with E-state index in [0.29, 0.717) is 5.41 Å². The topological polar surface area (TPSA) is 15.3 Å². The van der Waals surface area contributed by atoms with E-state index in [1.165, 1.54) is 76.7 Å². The van der Waals surface area contributed by atoms with Crippen molar-refractivity contribution in [3.05, 3.63) is 35.9 Å². The number of hydrogen-bond donors (Lipinski definition) is 1. The average Bonchev–Trinajstić information content (AvgIpc) is 2.72. The smallest absolute Gasteiger partial charge is 0.0233 e. The molecular weight excluding hydrogens is 256 g/mol. The minimum absolute atomic E-state index is 0.620. The highest BCUT2D eigenvalue weighted by Gasteiger charge is 2.31. The highest BCUT2D eigenvalue weighted by Crippen LogP contribution is 2.37. The quantitative estimate of drug-likeness (QED) is 0.889. The number of rotatable bonds is 2. The first-order valence-corrected chi connectivity index (χ1v) is 8.83. The van der Waals surface area contributed by atoms with Crippen LogP contribution in [0.3, 0.4) is 0 Å². The van der Waals surface area contributed by atoms with Gasteiger partial charge in [-0.25, -0.2) is 0 Å². The molecule has 0 aliphatic carbocycles. The lowest BCUT2D eigenvalue weighted by Crippen LogP contribution is -2.37. The molecule has 116 valence electrons. The van der Waals surface area contributed by atoms with E-state index in [-0.39, 0.29) is 0 Å². The first-order valence-electron chi connectivity index (χ1n) is 8.83. The summed E-state index contributed by atoms with van der Waals surface area (Å²) >= 11 is 0. The Morgan fingerprint density at radius 2 is 1.62 bits per heavy atom. The molecule has 1 N–H and O–H groups in total. The standard InChI is InChI=1S/C19H30N2/c1-2-8-18(9-3-1)16-21-14-6-11-19(12-7-15-21)10-4-5-13-20-17-19/h1-3,8-9,20H,4-7,10-17H2. The predicted octanol–water partition coefficient (Wildman–Crippen LogP) is 3.82. The lowest BCUT2D eigenvalue weighted by atomic mass is 9.74. The summed E-state index contributed by atoms with van der Waals surface area (Å²) in [7, 11) is 0. The Morgan fingerprint density at radius 1 is 0.905 bits per heavy atom. The molecule has 2 heterocycles. The van der Waals surface area contributed by atoms with E-state index in [1.54, 1.807) is 0 Å². The van der Waals surface area contributed by atoms with Crippen LogP contribution in [0.4, 0.5) is 0 Å². The van der Waals surface area contributed by atoms with E-state index < -0.39 is 0 Å². The molecule has 21 heavy (non-hydrogen) atoms. The molecule has 0 amide bonds. The van der Waals surface area contributed by atoms with Crippen molar-refractivity contribution >= 4 is 0 Å². The zero-order valence-corrected chi connectivity index (χ0v) is 13.3. The van der Waals surface area contributed by atoms with Crippen molar-refractivity contribution in [1.29, 1.82) is 0 Å². The maximum absolute atomic E-state index is 3.69. The Bertz CT molecular complexity index is 395. The zero-order valence-electron chi connectivity index (χ0n) is 13.3. The second-order valence-corrected chi connectivity index (χ2v) is 7.10. The largest absolute Gasteiger partial charge is 0.316 e. The van der Waals surface area contributed by atoms with Gasteiger partial charge in [0, 0.05) is 13.1 Å². The molecule has 0 atom stereocenters. The average molecular weight is 286 g/mol. The summed E-state index contributed by atoms with van der Waals surface area (Å²) in [6.45, 7) is 6.19. The van der Waals surface area contributed by atoms with Crippen molar-refractivity contribution in [2.24, 2.45) is 5.41 Å². The minimum Gasteiger partial charge on any atom is -0.316 e. The minimum atomic E-state index is 0.620. The van der Waals surface area contributed by atoms with Crippen molar-refractivity contribution in [3.8, 4) is 0 Å². The molecule has 0 radical (unpaired) electrons. The van der Waals surface area contributed by atoms with Crippen molar-refractivity contribution in [2.45, 2.75) is 51.5 Å². The fourth-order valence-electron chi connectivity index (χ4n) is 4.21. The van der Waals surface area contributed by atoms with E-state index in [1.807, 2.05) is 0 Å². The van der Waals surface area contributed by atoms with Crippen molar-refractivity contribution in [3.63, 3.8) is 0 Å². The Hall–Kier alpha value is -0.860. The summed E-state index contributed by atoms with van der Waals surface area (Å²) in [4.78, 5) is 2.66. The molecule has 2 aliphatic heterocycles. The molecule has 2 heteroatoms. The predicted molar refractivity (Wildman–Crippen MR) is 89.3 cm³/mol. The molecule has 3 rings (SSSR count). The lowest BCUT2D eigenvalue weighted by molar-refractivity contribution is 0.146. The molecule has 1 aromatic rings. The van der Waals surface area contributed by atoms with Gasteiger partial charge in [0.05, 0.1) is 0 Å². The molecule has 2 nitrogen and oxygen atoms in total. The van der Waals surface area contributed by atoms with Gasteiger partial charge in [0.15, 0.2) is 0 Å². The third kappa shape index (κ3) is 4.31. The number of likely N-dealkylation sites (tertiary alicyclic amines) is 1. The number of nitrogens with zero attached hydrogens (tertiary/aromatic N) is 1. The summed E-state index contributed by atoms with van der Waals surface area (Å²) in [6, 6.07) is 10.9. The van der Waals surface area contributed by atoms with E-state index >= 15 is 0 Å². The van der Waals surface area contributed by atoms with E-state index in [9.17, 15) is 0 Å². The van der Waals surface area contributed by atoms with Crippen molar-refractivity contribution < 1.29 is 0 Å².